The summed E-state index contributed by atoms with van der Waals surface area (Å²) in [7, 11) is -3.51. The second-order valence-electron chi connectivity index (χ2n) is 5.78. The van der Waals surface area contributed by atoms with E-state index in [0.717, 1.165) is 28.1 Å². The maximum absolute atomic E-state index is 12.5. The van der Waals surface area contributed by atoms with E-state index in [9.17, 15) is 8.42 Å². The summed E-state index contributed by atoms with van der Waals surface area (Å²) in [5.74, 6) is 0. The molecule has 22 heavy (non-hydrogen) atoms. The highest BCUT2D eigenvalue weighted by atomic mass is 32.2. The van der Waals surface area contributed by atoms with E-state index in [2.05, 4.69) is 9.82 Å². The minimum Gasteiger partial charge on any atom is -0.268 e. The summed E-state index contributed by atoms with van der Waals surface area (Å²) >= 11 is 0. The topological polar surface area (TPSA) is 64.0 Å². The highest BCUT2D eigenvalue weighted by Gasteiger charge is 2.19. The van der Waals surface area contributed by atoms with Gasteiger partial charge < -0.3 is 0 Å². The van der Waals surface area contributed by atoms with E-state index >= 15 is 0 Å². The van der Waals surface area contributed by atoms with Crippen LogP contribution in [0.4, 0.5) is 0 Å². The van der Waals surface area contributed by atoms with E-state index in [4.69, 9.17) is 0 Å². The highest BCUT2D eigenvalue weighted by molar-refractivity contribution is 7.89. The average molecular weight is 321 g/mol. The van der Waals surface area contributed by atoms with E-state index < -0.39 is 10.0 Å². The number of hydrogen-bond acceptors (Lipinski definition) is 3. The van der Waals surface area contributed by atoms with Crippen LogP contribution in [-0.2, 0) is 16.6 Å². The van der Waals surface area contributed by atoms with Crippen LogP contribution in [0.25, 0.3) is 0 Å². The van der Waals surface area contributed by atoms with Crippen molar-refractivity contribution in [1.29, 1.82) is 0 Å². The number of hydrogen-bond donors (Lipinski definition) is 1. The smallest absolute Gasteiger partial charge is 0.241 e. The minimum absolute atomic E-state index is 0.317. The molecule has 1 N–H and O–H groups in total. The molecule has 0 fully saturated rings. The van der Waals surface area contributed by atoms with Gasteiger partial charge in [-0.2, -0.15) is 5.10 Å². The van der Waals surface area contributed by atoms with Gasteiger partial charge >= 0.3 is 0 Å². The predicted octanol–water partition coefficient (Wildman–Crippen LogP) is 2.40. The van der Waals surface area contributed by atoms with Crippen molar-refractivity contribution >= 4 is 10.0 Å². The molecule has 0 saturated carbocycles. The predicted molar refractivity (Wildman–Crippen MR) is 87.5 cm³/mol. The third-order valence-corrected chi connectivity index (χ3v) is 5.36. The Balaban J connectivity index is 2.14. The molecule has 0 spiro atoms. The molecule has 0 aliphatic rings. The molecule has 0 aliphatic carbocycles. The van der Waals surface area contributed by atoms with Crippen molar-refractivity contribution in [3.63, 3.8) is 0 Å². The lowest BCUT2D eigenvalue weighted by molar-refractivity contribution is 0.553. The fourth-order valence-electron chi connectivity index (χ4n) is 2.85. The first kappa shape index (κ1) is 16.7. The van der Waals surface area contributed by atoms with Crippen LogP contribution >= 0.6 is 0 Å². The second-order valence-corrected chi connectivity index (χ2v) is 7.48. The summed E-state index contributed by atoms with van der Waals surface area (Å²) in [5.41, 5.74) is 4.58. The largest absolute Gasteiger partial charge is 0.268 e. The molecule has 2 rings (SSSR count). The zero-order valence-corrected chi connectivity index (χ0v) is 14.6. The number of nitrogens with zero attached hydrogens (tertiary/aromatic N) is 2. The molecule has 6 heteroatoms. The van der Waals surface area contributed by atoms with E-state index in [1.165, 1.54) is 0 Å². The van der Waals surface area contributed by atoms with E-state index in [-0.39, 0.29) is 0 Å². The normalized spacial score (nSPS) is 11.9. The maximum Gasteiger partial charge on any atom is 0.241 e. The van der Waals surface area contributed by atoms with Crippen molar-refractivity contribution < 1.29 is 8.42 Å². The van der Waals surface area contributed by atoms with Gasteiger partial charge in [-0.1, -0.05) is 17.7 Å². The van der Waals surface area contributed by atoms with Crippen LogP contribution in [0.2, 0.25) is 0 Å². The van der Waals surface area contributed by atoms with Gasteiger partial charge in [0, 0.05) is 12.2 Å². The molecular formula is C16H23N3O2S. The van der Waals surface area contributed by atoms with E-state index in [1.54, 1.807) is 0 Å². The zero-order chi connectivity index (χ0) is 16.5. The molecule has 0 radical (unpaired) electrons. The monoisotopic (exact) mass is 321 g/mol. The number of rotatable bonds is 5. The van der Waals surface area contributed by atoms with Crippen molar-refractivity contribution in [2.45, 2.75) is 46.1 Å². The van der Waals surface area contributed by atoms with E-state index in [1.807, 2.05) is 57.5 Å². The summed E-state index contributed by atoms with van der Waals surface area (Å²) in [6.45, 7) is 10.3. The van der Waals surface area contributed by atoms with Crippen molar-refractivity contribution in [2.24, 2.45) is 0 Å². The Kier molecular flexibility index (Phi) is 4.72. The van der Waals surface area contributed by atoms with Gasteiger partial charge in [0.25, 0.3) is 0 Å². The number of aryl methyl sites for hydroxylation is 5. The minimum atomic E-state index is -3.51. The molecule has 1 heterocycles. The van der Waals surface area contributed by atoms with Crippen molar-refractivity contribution in [3.05, 3.63) is 46.3 Å². The van der Waals surface area contributed by atoms with Gasteiger partial charge in [0.05, 0.1) is 17.1 Å². The third-order valence-electron chi connectivity index (χ3n) is 3.59. The molecule has 5 nitrogen and oxygen atoms in total. The number of nitrogens with one attached hydrogen (secondary N) is 1. The molecule has 2 aromatic rings. The molecule has 0 saturated heterocycles. The lowest BCUT2D eigenvalue weighted by Crippen LogP contribution is -2.29. The van der Waals surface area contributed by atoms with Crippen molar-refractivity contribution in [3.8, 4) is 0 Å². The lowest BCUT2D eigenvalue weighted by atomic mass is 10.1. The standard InChI is InChI=1S/C16H23N3O2S/c1-11-8-12(2)16(13(3)9-11)22(20,21)17-6-7-19-15(5)10-14(4)18-19/h8-10,17H,6-7H2,1-5H3. The second kappa shape index (κ2) is 6.22. The molecule has 0 aliphatic heterocycles. The first-order valence-electron chi connectivity index (χ1n) is 7.29. The number of benzene rings is 1. The number of sulfonamides is 1. The zero-order valence-electron chi connectivity index (χ0n) is 13.8. The molecule has 120 valence electrons. The van der Waals surface area contributed by atoms with Crippen LogP contribution in [0.5, 0.6) is 0 Å². The molecule has 1 aromatic heterocycles. The molecule has 0 amide bonds. The maximum atomic E-state index is 12.5. The Bertz CT molecular complexity index is 769. The molecule has 0 bridgehead atoms. The van der Waals surface area contributed by atoms with Gasteiger partial charge in [-0.15, -0.1) is 0 Å². The fraction of sp³-hybridized carbons (Fsp3) is 0.438. The summed E-state index contributed by atoms with van der Waals surface area (Å²) in [6.07, 6.45) is 0. The van der Waals surface area contributed by atoms with Crippen LogP contribution in [0, 0.1) is 34.6 Å². The first-order chi connectivity index (χ1) is 10.2. The summed E-state index contributed by atoms with van der Waals surface area (Å²) < 4.78 is 29.5. The lowest BCUT2D eigenvalue weighted by Gasteiger charge is -2.13. The summed E-state index contributed by atoms with van der Waals surface area (Å²) in [5, 5.41) is 4.33. The quantitative estimate of drug-likeness (QED) is 0.920. The molecule has 0 unspecified atom stereocenters. The first-order valence-corrected chi connectivity index (χ1v) is 8.77. The third kappa shape index (κ3) is 3.56. The molecule has 1 aromatic carbocycles. The number of aromatic nitrogens is 2. The Hall–Kier alpha value is -1.66. The summed E-state index contributed by atoms with van der Waals surface area (Å²) in [6, 6.07) is 5.76. The Morgan fingerprint density at radius 2 is 1.64 bits per heavy atom. The molecular weight excluding hydrogens is 298 g/mol. The van der Waals surface area contributed by atoms with Crippen LogP contribution in [-0.4, -0.2) is 24.7 Å². The highest BCUT2D eigenvalue weighted by Crippen LogP contribution is 2.21. The van der Waals surface area contributed by atoms with Gasteiger partial charge in [0.15, 0.2) is 0 Å². The van der Waals surface area contributed by atoms with Gasteiger partial charge in [0.2, 0.25) is 10.0 Å². The van der Waals surface area contributed by atoms with Crippen molar-refractivity contribution in [2.75, 3.05) is 6.54 Å². The van der Waals surface area contributed by atoms with Crippen LogP contribution < -0.4 is 4.72 Å². The van der Waals surface area contributed by atoms with Crippen molar-refractivity contribution in [1.82, 2.24) is 14.5 Å². The Labute approximate surface area is 132 Å². The van der Waals surface area contributed by atoms with E-state index in [0.29, 0.717) is 18.0 Å². The van der Waals surface area contributed by atoms with Crippen LogP contribution in [0.1, 0.15) is 28.1 Å². The van der Waals surface area contributed by atoms with Gasteiger partial charge in [-0.05, 0) is 51.8 Å². The Morgan fingerprint density at radius 1 is 1.05 bits per heavy atom. The average Bonchev–Trinajstić information content (AvgIpc) is 2.65. The molecule has 0 atom stereocenters. The van der Waals surface area contributed by atoms with Crippen LogP contribution in [0.3, 0.4) is 0 Å². The SMILES string of the molecule is Cc1cc(C)c(S(=O)(=O)NCCn2nc(C)cc2C)c(C)c1. The summed E-state index contributed by atoms with van der Waals surface area (Å²) in [4.78, 5) is 0.381. The van der Waals surface area contributed by atoms with Gasteiger partial charge in [-0.3, -0.25) is 4.68 Å². The van der Waals surface area contributed by atoms with Gasteiger partial charge in [0.1, 0.15) is 0 Å². The fourth-order valence-corrected chi connectivity index (χ4v) is 4.32. The van der Waals surface area contributed by atoms with Gasteiger partial charge in [-0.25, -0.2) is 13.1 Å². The Morgan fingerprint density at radius 3 is 2.14 bits per heavy atom. The van der Waals surface area contributed by atoms with Crippen LogP contribution in [0.15, 0.2) is 23.1 Å².